The van der Waals surface area contributed by atoms with Crippen LogP contribution in [0.4, 0.5) is 13.2 Å². The molecule has 0 atom stereocenters. The Kier molecular flexibility index (Phi) is 3.14. The van der Waals surface area contributed by atoms with Gasteiger partial charge in [-0.1, -0.05) is 6.58 Å². The summed E-state index contributed by atoms with van der Waals surface area (Å²) in [5, 5.41) is 0. The summed E-state index contributed by atoms with van der Waals surface area (Å²) >= 11 is 0. The van der Waals surface area contributed by atoms with E-state index in [0.717, 1.165) is 6.20 Å². The predicted octanol–water partition coefficient (Wildman–Crippen LogP) is 1.46. The van der Waals surface area contributed by atoms with Crippen molar-refractivity contribution in [3.63, 3.8) is 0 Å². The van der Waals surface area contributed by atoms with Crippen LogP contribution in [-0.2, 0) is 0 Å². The fourth-order valence-corrected chi connectivity index (χ4v) is 0.720. The van der Waals surface area contributed by atoms with Gasteiger partial charge in [-0.05, 0) is 11.9 Å². The minimum absolute atomic E-state index is 0.141. The Bertz CT molecular complexity index is 345. The highest BCUT2D eigenvalue weighted by molar-refractivity contribution is 5.51. The van der Waals surface area contributed by atoms with Crippen LogP contribution in [-0.4, -0.2) is 17.8 Å². The number of allylic oxidation sites excluding steroid dienone is 1. The van der Waals surface area contributed by atoms with Crippen LogP contribution in [0.25, 0.3) is 5.57 Å². The van der Waals surface area contributed by atoms with E-state index < -0.39 is 12.8 Å². The summed E-state index contributed by atoms with van der Waals surface area (Å²) in [4.78, 5) is 7.40. The number of hydrogen-bond acceptors (Lipinski definition) is 2. The van der Waals surface area contributed by atoms with E-state index >= 15 is 0 Å². The second-order valence-corrected chi connectivity index (χ2v) is 2.85. The average molecular weight is 217 g/mol. The van der Waals surface area contributed by atoms with E-state index in [-0.39, 0.29) is 5.75 Å². The highest BCUT2D eigenvalue weighted by Crippen LogP contribution is 2.16. The smallest absolute Gasteiger partial charge is 0.428 e. The lowest BCUT2D eigenvalue weighted by atomic mass is 10.3. The van der Waals surface area contributed by atoms with Crippen molar-refractivity contribution in [2.75, 3.05) is 6.61 Å². The van der Waals surface area contributed by atoms with E-state index in [1.165, 1.54) is 0 Å². The molecule has 0 N–H and O–H groups in total. The van der Waals surface area contributed by atoms with Gasteiger partial charge in [0.05, 0.1) is 5.57 Å². The molecule has 0 saturated carbocycles. The number of alkyl halides is 3. The van der Waals surface area contributed by atoms with Gasteiger partial charge >= 0.3 is 12.0 Å². The molecule has 1 rings (SSSR count). The zero-order valence-electron chi connectivity index (χ0n) is 7.93. The summed E-state index contributed by atoms with van der Waals surface area (Å²) in [7, 11) is 0. The topological polar surface area (TPSA) is 36.2 Å². The third-order valence-corrected chi connectivity index (χ3v) is 1.35. The number of ether oxygens (including phenoxy) is 1. The fraction of sp³-hybridized carbons (Fsp3) is 0.333. The Morgan fingerprint density at radius 2 is 2.33 bits per heavy atom. The van der Waals surface area contributed by atoms with Crippen molar-refractivity contribution in [2.45, 2.75) is 13.1 Å². The Morgan fingerprint density at radius 3 is 2.73 bits per heavy atom. The van der Waals surface area contributed by atoms with Gasteiger partial charge < -0.3 is 4.74 Å². The van der Waals surface area contributed by atoms with Gasteiger partial charge in [0.25, 0.3) is 5.75 Å². The monoisotopic (exact) mass is 217 g/mol. The van der Waals surface area contributed by atoms with Gasteiger partial charge in [-0.2, -0.15) is 13.2 Å². The summed E-state index contributed by atoms with van der Waals surface area (Å²) in [6.07, 6.45) is -0.951. The maximum Gasteiger partial charge on any atom is 0.428 e. The molecule has 1 aromatic rings. The van der Waals surface area contributed by atoms with Crippen molar-refractivity contribution in [1.29, 1.82) is 0 Å². The van der Waals surface area contributed by atoms with Crippen molar-refractivity contribution in [3.8, 4) is 5.75 Å². The van der Waals surface area contributed by atoms with Gasteiger partial charge in [-0.25, -0.2) is 0 Å². The maximum atomic E-state index is 11.8. The first-order valence-corrected chi connectivity index (χ1v) is 3.98. The van der Waals surface area contributed by atoms with E-state index in [4.69, 9.17) is 0 Å². The molecular weight excluding hydrogens is 209 g/mol. The largest absolute Gasteiger partial charge is 0.470 e. The zero-order valence-corrected chi connectivity index (χ0v) is 7.93. The molecule has 0 aliphatic carbocycles. The van der Waals surface area contributed by atoms with Crippen molar-refractivity contribution < 1.29 is 22.9 Å². The first kappa shape index (κ1) is 11.3. The van der Waals surface area contributed by atoms with Crippen LogP contribution in [0.2, 0.25) is 0 Å². The minimum Gasteiger partial charge on any atom is -0.470 e. The Labute approximate surface area is 84.6 Å². The number of aromatic nitrogens is 2. The van der Waals surface area contributed by atoms with Gasteiger partial charge in [0.1, 0.15) is 0 Å². The van der Waals surface area contributed by atoms with Crippen molar-refractivity contribution in [3.05, 3.63) is 24.8 Å². The van der Waals surface area contributed by atoms with Crippen LogP contribution in [0, 0.1) is 6.20 Å². The van der Waals surface area contributed by atoms with Crippen molar-refractivity contribution in [1.82, 2.24) is 4.98 Å². The quantitative estimate of drug-likeness (QED) is 0.768. The van der Waals surface area contributed by atoms with Crippen LogP contribution in [0.5, 0.6) is 5.75 Å². The van der Waals surface area contributed by atoms with Crippen LogP contribution in [0.15, 0.2) is 12.8 Å². The average Bonchev–Trinajstić information content (AvgIpc) is 2.14. The van der Waals surface area contributed by atoms with E-state index in [9.17, 15) is 13.2 Å². The Hall–Kier alpha value is -1.77. The van der Waals surface area contributed by atoms with Crippen LogP contribution in [0.3, 0.4) is 0 Å². The van der Waals surface area contributed by atoms with Gasteiger partial charge in [0.2, 0.25) is 6.20 Å². The third-order valence-electron chi connectivity index (χ3n) is 1.35. The lowest BCUT2D eigenvalue weighted by Crippen LogP contribution is -2.19. The van der Waals surface area contributed by atoms with Crippen LogP contribution < -0.4 is 9.72 Å². The number of nitrogens with zero attached hydrogens (tertiary/aromatic N) is 2. The molecule has 0 bridgehead atoms. The number of rotatable bonds is 3. The third kappa shape index (κ3) is 3.85. The molecule has 6 heteroatoms. The molecule has 80 valence electrons. The molecular formula is C9H8F3N2O+. The first-order valence-electron chi connectivity index (χ1n) is 3.98. The number of halogens is 3. The second kappa shape index (κ2) is 4.17. The lowest BCUT2D eigenvalue weighted by Gasteiger charge is -2.04. The summed E-state index contributed by atoms with van der Waals surface area (Å²) in [6.45, 7) is 3.88. The van der Waals surface area contributed by atoms with Gasteiger partial charge in [0.15, 0.2) is 12.8 Å². The standard InChI is InChI=1S/C9H8F3N2O/c1-6(2)8-13-3-7(4-14-8)15-5-9(10,11)12/h3H,1,5H2,2H3/q+1. The maximum absolute atomic E-state index is 11.8. The normalized spacial score (nSPS) is 10.7. The summed E-state index contributed by atoms with van der Waals surface area (Å²) in [6, 6.07) is 0. The predicted molar refractivity (Wildman–Crippen MR) is 44.9 cm³/mol. The Balaban J connectivity index is 2.61. The number of hydrogen-bond donors (Lipinski definition) is 0. The van der Waals surface area contributed by atoms with E-state index in [1.54, 1.807) is 6.92 Å². The molecule has 0 amide bonds. The molecule has 0 aromatic carbocycles. The van der Waals surface area contributed by atoms with E-state index in [0.29, 0.717) is 11.4 Å². The lowest BCUT2D eigenvalue weighted by molar-refractivity contribution is -0.305. The highest BCUT2D eigenvalue weighted by atomic mass is 19.4. The van der Waals surface area contributed by atoms with E-state index in [2.05, 4.69) is 27.5 Å². The fourth-order valence-electron chi connectivity index (χ4n) is 0.720. The molecule has 0 unspecified atom stereocenters. The molecule has 0 spiro atoms. The molecule has 0 aliphatic heterocycles. The molecule has 15 heavy (non-hydrogen) atoms. The highest BCUT2D eigenvalue weighted by Gasteiger charge is 2.29. The van der Waals surface area contributed by atoms with E-state index in [1.807, 2.05) is 0 Å². The second-order valence-electron chi connectivity index (χ2n) is 2.85. The van der Waals surface area contributed by atoms with Gasteiger partial charge in [-0.15, -0.1) is 4.98 Å². The van der Waals surface area contributed by atoms with Gasteiger partial charge in [-0.3, -0.25) is 0 Å². The first-order chi connectivity index (χ1) is 6.88. The zero-order chi connectivity index (χ0) is 11.5. The summed E-state index contributed by atoms with van der Waals surface area (Å²) in [5.74, 6) is 0.187. The molecule has 0 fully saturated rings. The van der Waals surface area contributed by atoms with Crippen molar-refractivity contribution in [2.24, 2.45) is 0 Å². The molecule has 3 nitrogen and oxygen atoms in total. The van der Waals surface area contributed by atoms with Gasteiger partial charge in [0, 0.05) is 0 Å². The Morgan fingerprint density at radius 1 is 1.67 bits per heavy atom. The van der Waals surface area contributed by atoms with Crippen LogP contribution >= 0.6 is 0 Å². The SMILES string of the molecule is C=C(C)c1ncc(OCC(F)(F)F)c#[n+]1. The molecule has 0 saturated heterocycles. The molecule has 0 aliphatic rings. The summed E-state index contributed by atoms with van der Waals surface area (Å²) < 4.78 is 39.6. The molecule has 0 radical (unpaired) electrons. The van der Waals surface area contributed by atoms with Crippen molar-refractivity contribution >= 4 is 5.57 Å². The summed E-state index contributed by atoms with van der Waals surface area (Å²) in [5.41, 5.74) is 0.605. The minimum atomic E-state index is -4.37. The molecule has 1 aromatic heterocycles. The van der Waals surface area contributed by atoms with Crippen LogP contribution in [0.1, 0.15) is 12.7 Å². The molecule has 1 heterocycles.